The second-order valence-electron chi connectivity index (χ2n) is 32.5. The summed E-state index contributed by atoms with van der Waals surface area (Å²) in [7, 11) is 7.14. The maximum Gasteiger partial charge on any atom is 0.420 e. The number of benzene rings is 2. The Kier molecular flexibility index (Phi) is 32.4. The Morgan fingerprint density at radius 1 is 0.705 bits per heavy atom. The van der Waals surface area contributed by atoms with Crippen molar-refractivity contribution >= 4 is 47.2 Å². The average molecular weight is 1560 g/mol. The zero-order valence-electron chi connectivity index (χ0n) is 69.8. The van der Waals surface area contributed by atoms with Gasteiger partial charge in [-0.1, -0.05) is 91.5 Å². The Morgan fingerprint density at radius 3 is 1.71 bits per heavy atom. The number of esters is 2. The van der Waals surface area contributed by atoms with Crippen molar-refractivity contribution in [1.29, 1.82) is 0 Å². The van der Waals surface area contributed by atoms with E-state index >= 15 is 0 Å². The van der Waals surface area contributed by atoms with E-state index in [2.05, 4.69) is 47.5 Å². The summed E-state index contributed by atoms with van der Waals surface area (Å²) in [6.45, 7) is 34.1. The SMILES string of the molecule is C#Cc1ccc(CN(C)[C@H]2C[C@@H](C)O[C@@H](O[C@@H]3[C@@H](C)C(=O)[C@@H](C)C(=O)O[C@H](CC)[C@@](C)(OC(=O)n4ccnc4)/C=C(\C)C(=O)C[C@@H](C)[C@@]3(C)OC)[C@@H]2C)cc1.C#Cc1ccc(CN(C)[C@H]2C[C@@H](C)O[C@@H](O[C@@H]3[C@@H](C)C(=O)[C@@H](C)C(=O)O[C@H](CC)[C@@]4(C)OC(=O)N5CCN=C([C@H](C)C[C@@]3(C)OC)[C@H](C)[C@@H]54)[C@@H]2O)cc1.NCCN. The molecule has 2 bridgehead atoms. The number of ether oxygens (including phenoxy) is 10. The number of hydrogen-bond donors (Lipinski definition) is 3. The zero-order chi connectivity index (χ0) is 83.2. The van der Waals surface area contributed by atoms with Crippen LogP contribution in [0.4, 0.5) is 9.59 Å². The van der Waals surface area contributed by atoms with Crippen LogP contribution in [0.3, 0.4) is 0 Å². The van der Waals surface area contributed by atoms with E-state index in [4.69, 9.17) is 76.7 Å². The minimum Gasteiger partial charge on any atom is -0.458 e. The van der Waals surface area contributed by atoms with E-state index in [0.717, 1.165) is 39.0 Å². The fourth-order valence-electron chi connectivity index (χ4n) is 17.3. The standard InChI is InChI=1S/C43H59N3O9.C41H59N3O9.C2H8N2/c1-13-32-15-17-33(18-16-32)24-45(11)34-22-28(5)52-40(29(34)6)54-38-30(7)37(48)31(8)39(49)53-36(14-2)42(9,55-41(50)46-20-19-44-25-46)23-26(3)35(47)21-27(4)43(38,10)51-12;1-12-28-14-16-29(17-15-28)22-43(10)30-20-24(4)50-38(34(30)46)52-36-26(6)33(45)27(7)37(47)51-31(13-2)41(9)35-25(5)32(23(3)21-40(36,8)49-11)42-18-19-44(35)39(48)53-41;3-1-2-4/h1,15-20,23,25,27-31,34,36,38,40H,14,21-22,24H2,2-12H3;1,14-17,23-27,30-31,34-36,38,46H,13,18-22H2,2-11H3;1-4H2/b26-23+;;/t27-,28-,29-,30+,31-,34+,36-,38-,40+,42+,43-;23-,24-,25+,26+,27-,30+,31-,34-,35-,36-,38+,40-,41-;/m11./s1. The van der Waals surface area contributed by atoms with E-state index in [-0.39, 0.29) is 60.7 Å². The largest absolute Gasteiger partial charge is 0.458 e. The van der Waals surface area contributed by atoms with E-state index in [1.165, 1.54) is 45.8 Å². The van der Waals surface area contributed by atoms with Crippen LogP contribution in [0.25, 0.3) is 0 Å². The molecule has 6 aliphatic heterocycles. The third-order valence-electron chi connectivity index (χ3n) is 24.2. The molecule has 112 heavy (non-hydrogen) atoms. The lowest BCUT2D eigenvalue weighted by molar-refractivity contribution is -0.296. The number of likely N-dealkylation sites (N-methyl/N-ethyl adjacent to an activating group) is 1. The van der Waals surface area contributed by atoms with Gasteiger partial charge in [-0.05, 0) is 167 Å². The first-order chi connectivity index (χ1) is 52.8. The van der Waals surface area contributed by atoms with Gasteiger partial charge in [0.25, 0.3) is 0 Å². The third-order valence-corrected chi connectivity index (χ3v) is 24.2. The number of nitrogens with zero attached hydrogens (tertiary/aromatic N) is 6. The predicted octanol–water partition coefficient (Wildman–Crippen LogP) is 9.92. The average Bonchev–Trinajstić information content (AvgIpc) is 1.57. The molecule has 5 N–H and O–H groups in total. The molecule has 6 aliphatic rings. The fraction of sp³-hybridized carbons (Fsp3) is 0.663. The Labute approximate surface area is 663 Å². The van der Waals surface area contributed by atoms with Gasteiger partial charge in [0.2, 0.25) is 0 Å². The number of allylic oxidation sites excluding steroid dienone is 1. The second kappa shape index (κ2) is 39.7. The molecule has 1 amide bonds. The molecule has 0 saturated carbocycles. The smallest absolute Gasteiger partial charge is 0.420 e. The molecule has 24 atom stereocenters. The Hall–Kier alpha value is -7.57. The normalized spacial score (nSPS) is 36.2. The van der Waals surface area contributed by atoms with Gasteiger partial charge in [0, 0.05) is 118 Å². The minimum atomic E-state index is -1.57. The molecule has 0 unspecified atom stereocenters. The number of aliphatic imine (C=N–C) groups is 1. The van der Waals surface area contributed by atoms with E-state index in [1.54, 1.807) is 46.6 Å². The molecular weight excluding hydrogens is 1430 g/mol. The minimum absolute atomic E-state index is 0.0203. The molecular formula is C86H126N8O18. The number of amides is 1. The lowest BCUT2D eigenvalue weighted by Gasteiger charge is -2.49. The number of aliphatic hydroxyl groups is 1. The highest BCUT2D eigenvalue weighted by Gasteiger charge is 2.61. The van der Waals surface area contributed by atoms with Crippen molar-refractivity contribution in [3.8, 4) is 24.7 Å². The first-order valence-corrected chi connectivity index (χ1v) is 39.6. The third kappa shape index (κ3) is 20.9. The summed E-state index contributed by atoms with van der Waals surface area (Å²) in [5.41, 5.74) is 9.73. The highest BCUT2D eigenvalue weighted by molar-refractivity contribution is 6.01. The van der Waals surface area contributed by atoms with Crippen LogP contribution in [0.15, 0.2) is 83.9 Å². The summed E-state index contributed by atoms with van der Waals surface area (Å²) < 4.78 is 64.3. The number of nitrogens with two attached hydrogens (primary N) is 2. The number of Topliss-reactive ketones (excluding diaryl/α,β-unsaturated/α-hetero) is 3. The number of fused-ring (bicyclic) bond motifs is 1. The molecule has 9 rings (SSSR count). The van der Waals surface area contributed by atoms with Gasteiger partial charge in [0.05, 0.1) is 48.2 Å². The van der Waals surface area contributed by atoms with Gasteiger partial charge in [-0.3, -0.25) is 43.7 Å². The number of ketones is 3. The number of cyclic esters (lactones) is 2. The zero-order valence-corrected chi connectivity index (χ0v) is 69.8. The summed E-state index contributed by atoms with van der Waals surface area (Å²) in [6.07, 6.45) is 10.8. The first kappa shape index (κ1) is 91.6. The Balaban J connectivity index is 0.000000297. The summed E-state index contributed by atoms with van der Waals surface area (Å²) in [5.74, 6) is -2.46. The number of rotatable bonds is 16. The number of terminal acetylenes is 2. The van der Waals surface area contributed by atoms with E-state index in [1.807, 2.05) is 111 Å². The predicted molar refractivity (Wildman–Crippen MR) is 424 cm³/mol. The van der Waals surface area contributed by atoms with Gasteiger partial charge in [-0.25, -0.2) is 19.1 Å². The summed E-state index contributed by atoms with van der Waals surface area (Å²) in [6, 6.07) is 14.9. The van der Waals surface area contributed by atoms with Crippen molar-refractivity contribution in [3.63, 3.8) is 0 Å². The topological polar surface area (TPSA) is 324 Å². The summed E-state index contributed by atoms with van der Waals surface area (Å²) in [4.78, 5) is 112. The number of aliphatic hydroxyl groups excluding tert-OH is 1. The quantitative estimate of drug-likeness (QED) is 0.0519. The molecule has 618 valence electrons. The molecule has 4 saturated heterocycles. The van der Waals surface area contributed by atoms with Gasteiger partial charge in [0.1, 0.15) is 36.5 Å². The van der Waals surface area contributed by atoms with Crippen molar-refractivity contribution in [1.82, 2.24) is 24.3 Å². The number of aromatic nitrogens is 2. The molecule has 1 aromatic heterocycles. The van der Waals surface area contributed by atoms with Crippen molar-refractivity contribution in [2.24, 2.45) is 63.8 Å². The van der Waals surface area contributed by atoms with Gasteiger partial charge < -0.3 is 63.9 Å². The van der Waals surface area contributed by atoms with Crippen molar-refractivity contribution in [2.75, 3.05) is 54.5 Å². The van der Waals surface area contributed by atoms with Crippen LogP contribution < -0.4 is 11.5 Å². The van der Waals surface area contributed by atoms with Crippen molar-refractivity contribution in [3.05, 3.63) is 101 Å². The maximum atomic E-state index is 14.4. The monoisotopic (exact) mass is 1560 g/mol. The van der Waals surface area contributed by atoms with Crippen molar-refractivity contribution in [2.45, 2.75) is 265 Å². The van der Waals surface area contributed by atoms with E-state index < -0.39 is 137 Å². The van der Waals surface area contributed by atoms with Gasteiger partial charge in [0.15, 0.2) is 41.1 Å². The molecule has 0 spiro atoms. The van der Waals surface area contributed by atoms with Crippen LogP contribution in [0, 0.1) is 72.0 Å². The van der Waals surface area contributed by atoms with Crippen LogP contribution in [0.2, 0.25) is 0 Å². The van der Waals surface area contributed by atoms with E-state index in [0.29, 0.717) is 64.1 Å². The fourth-order valence-corrected chi connectivity index (χ4v) is 17.3. The summed E-state index contributed by atoms with van der Waals surface area (Å²) in [5, 5.41) is 11.9. The highest BCUT2D eigenvalue weighted by Crippen LogP contribution is 2.46. The second-order valence-corrected chi connectivity index (χ2v) is 32.5. The molecule has 4 fully saturated rings. The number of imidazole rings is 1. The number of carbonyl (C=O) groups excluding carboxylic acids is 7. The number of carbonyl (C=O) groups is 7. The number of hydrogen-bond acceptors (Lipinski definition) is 24. The number of methoxy groups -OCH3 is 2. The van der Waals surface area contributed by atoms with Crippen LogP contribution in [-0.2, 0) is 84.4 Å². The lowest BCUT2D eigenvalue weighted by atomic mass is 9.73. The van der Waals surface area contributed by atoms with Crippen LogP contribution in [0.1, 0.15) is 178 Å². The molecule has 0 radical (unpaired) electrons. The lowest BCUT2D eigenvalue weighted by Crippen LogP contribution is -2.60. The molecule has 26 nitrogen and oxygen atoms in total. The Morgan fingerprint density at radius 2 is 1.21 bits per heavy atom. The molecule has 26 heteroatoms. The van der Waals surface area contributed by atoms with Gasteiger partial charge in [-0.2, -0.15) is 0 Å². The van der Waals surface area contributed by atoms with Crippen LogP contribution in [0.5, 0.6) is 0 Å². The van der Waals surface area contributed by atoms with E-state index in [9.17, 15) is 38.7 Å². The Bertz CT molecular complexity index is 3840. The van der Waals surface area contributed by atoms with Crippen molar-refractivity contribution < 1.29 is 86.0 Å². The molecule has 7 heterocycles. The highest BCUT2D eigenvalue weighted by atomic mass is 16.7. The summed E-state index contributed by atoms with van der Waals surface area (Å²) >= 11 is 0. The van der Waals surface area contributed by atoms with Gasteiger partial charge >= 0.3 is 24.1 Å². The molecule has 2 aromatic carbocycles. The van der Waals surface area contributed by atoms with Crippen LogP contribution in [-0.4, -0.2) is 227 Å². The molecule has 3 aromatic rings. The maximum absolute atomic E-state index is 14.4. The van der Waals surface area contributed by atoms with Crippen LogP contribution >= 0.6 is 0 Å². The first-order valence-electron chi connectivity index (χ1n) is 39.6. The molecule has 0 aliphatic carbocycles. The van der Waals surface area contributed by atoms with Gasteiger partial charge in [-0.15, -0.1) is 12.8 Å².